The van der Waals surface area contributed by atoms with Crippen LogP contribution in [0.5, 0.6) is 0 Å². The molecule has 282 valence electrons. The van der Waals surface area contributed by atoms with Crippen LogP contribution in [0.15, 0.2) is 97.3 Å². The van der Waals surface area contributed by atoms with Crippen LogP contribution in [0.2, 0.25) is 0 Å². The highest BCUT2D eigenvalue weighted by Crippen LogP contribution is 2.35. The number of hydrogen-bond acceptors (Lipinski definition) is 7. The van der Waals surface area contributed by atoms with E-state index in [-0.39, 0.29) is 23.9 Å². The highest BCUT2D eigenvalue weighted by atomic mass is 16.6. The molecule has 3 amide bonds. The summed E-state index contributed by atoms with van der Waals surface area (Å²) >= 11 is 0. The molecule has 12 heteroatoms. The van der Waals surface area contributed by atoms with Gasteiger partial charge in [-0.3, -0.25) is 9.59 Å². The van der Waals surface area contributed by atoms with Gasteiger partial charge in [-0.1, -0.05) is 78.7 Å². The first-order chi connectivity index (χ1) is 26.5. The number of H-pyrrole nitrogens is 2. The third-order valence-electron chi connectivity index (χ3n) is 9.90. The molecule has 0 aliphatic carbocycles. The molecule has 2 fully saturated rings. The molecule has 0 bridgehead atoms. The summed E-state index contributed by atoms with van der Waals surface area (Å²) in [6, 6.07) is 24.4. The van der Waals surface area contributed by atoms with E-state index in [1.54, 1.807) is 38.1 Å². The van der Waals surface area contributed by atoms with Crippen molar-refractivity contribution < 1.29 is 19.1 Å². The second-order valence-electron chi connectivity index (χ2n) is 14.9. The Bertz CT molecular complexity index is 2180. The highest BCUT2D eigenvalue weighted by Gasteiger charge is 2.38. The van der Waals surface area contributed by atoms with Crippen LogP contribution >= 0.6 is 0 Å². The molecule has 7 rings (SSSR count). The van der Waals surface area contributed by atoms with Gasteiger partial charge in [0.25, 0.3) is 5.91 Å². The fourth-order valence-electron chi connectivity index (χ4n) is 7.23. The molecule has 0 unspecified atom stereocenters. The number of nitrogens with zero attached hydrogens (tertiary/aromatic N) is 4. The molecule has 0 spiro atoms. The van der Waals surface area contributed by atoms with E-state index in [4.69, 9.17) is 15.5 Å². The number of aromatic nitrogens is 4. The minimum Gasteiger partial charge on any atom is -0.444 e. The van der Waals surface area contributed by atoms with Crippen LogP contribution in [0.3, 0.4) is 0 Å². The summed E-state index contributed by atoms with van der Waals surface area (Å²) in [6.07, 6.45) is 6.07. The largest absolute Gasteiger partial charge is 0.444 e. The van der Waals surface area contributed by atoms with Gasteiger partial charge in [-0.25, -0.2) is 14.8 Å². The van der Waals surface area contributed by atoms with Gasteiger partial charge in [-0.05, 0) is 81.2 Å². The van der Waals surface area contributed by atoms with E-state index < -0.39 is 23.8 Å². The standard InChI is InChI=1S/C43H46N8O4/c1-43(2,3)55-42(54)49-37(31-14-8-5-9-15-31)41(53)51-25-11-17-35(51)39-46-27-33(48-39)29-21-18-28(19-22-29)20-23-32-26-45-38(47-32)34-16-10-24-50(34)40(52)36(44)30-12-6-4-7-13-30/h4-9,12-15,18-19,21-22,26-27,34-37H,10-11,16-17,24-25,44H2,1-3H3,(H,45,47)(H,46,48)(H,49,54)/t34-,35-,36+,37+/m0/s1. The van der Waals surface area contributed by atoms with Gasteiger partial charge >= 0.3 is 6.09 Å². The van der Waals surface area contributed by atoms with Crippen LogP contribution < -0.4 is 11.1 Å². The fraction of sp³-hybridized carbons (Fsp3) is 0.326. The number of carbonyl (C=O) groups excluding carboxylic acids is 3. The molecule has 55 heavy (non-hydrogen) atoms. The molecular weight excluding hydrogens is 693 g/mol. The van der Waals surface area contributed by atoms with Gasteiger partial charge in [-0.15, -0.1) is 0 Å². The van der Waals surface area contributed by atoms with E-state index in [2.05, 4.69) is 32.1 Å². The van der Waals surface area contributed by atoms with Gasteiger partial charge in [-0.2, -0.15) is 0 Å². The van der Waals surface area contributed by atoms with Gasteiger partial charge in [0.05, 0.1) is 30.2 Å². The molecule has 3 aromatic carbocycles. The van der Waals surface area contributed by atoms with Crippen molar-refractivity contribution >= 4 is 17.9 Å². The molecule has 2 saturated heterocycles. The summed E-state index contributed by atoms with van der Waals surface area (Å²) in [7, 11) is 0. The lowest BCUT2D eigenvalue weighted by Crippen LogP contribution is -2.44. The summed E-state index contributed by atoms with van der Waals surface area (Å²) in [4.78, 5) is 59.8. The maximum absolute atomic E-state index is 14.1. The molecule has 4 heterocycles. The lowest BCUT2D eigenvalue weighted by Gasteiger charge is -2.29. The van der Waals surface area contributed by atoms with Crippen molar-refractivity contribution in [2.75, 3.05) is 13.1 Å². The third kappa shape index (κ3) is 8.63. The highest BCUT2D eigenvalue weighted by molar-refractivity contribution is 5.87. The number of ether oxygens (including phenoxy) is 1. The topological polar surface area (TPSA) is 162 Å². The Hall–Kier alpha value is -6.19. The number of nitrogens with two attached hydrogens (primary N) is 1. The maximum Gasteiger partial charge on any atom is 0.408 e. The number of benzene rings is 3. The van der Waals surface area contributed by atoms with E-state index in [9.17, 15) is 14.4 Å². The average Bonchev–Trinajstić information content (AvgIpc) is 4.02. The lowest BCUT2D eigenvalue weighted by molar-refractivity contribution is -0.135. The fourth-order valence-corrected chi connectivity index (χ4v) is 7.23. The summed E-state index contributed by atoms with van der Waals surface area (Å²) in [5.74, 6) is 7.44. The lowest BCUT2D eigenvalue weighted by atomic mass is 10.0. The second-order valence-corrected chi connectivity index (χ2v) is 14.9. The monoisotopic (exact) mass is 738 g/mol. The van der Waals surface area contributed by atoms with Gasteiger partial charge < -0.3 is 35.6 Å². The van der Waals surface area contributed by atoms with Crippen molar-refractivity contribution in [3.63, 3.8) is 0 Å². The number of aromatic amines is 2. The number of rotatable bonds is 8. The van der Waals surface area contributed by atoms with Crippen molar-refractivity contribution in [3.8, 4) is 23.1 Å². The molecule has 0 radical (unpaired) electrons. The van der Waals surface area contributed by atoms with Crippen LogP contribution in [-0.2, 0) is 14.3 Å². The smallest absolute Gasteiger partial charge is 0.408 e. The van der Waals surface area contributed by atoms with Gasteiger partial charge in [0.1, 0.15) is 35.0 Å². The summed E-state index contributed by atoms with van der Waals surface area (Å²) in [5.41, 5.74) is 10.3. The first-order valence-electron chi connectivity index (χ1n) is 18.7. The van der Waals surface area contributed by atoms with E-state index in [1.165, 1.54) is 0 Å². The minimum absolute atomic E-state index is 0.111. The predicted octanol–water partition coefficient (Wildman–Crippen LogP) is 6.49. The zero-order valence-electron chi connectivity index (χ0n) is 31.3. The van der Waals surface area contributed by atoms with Crippen molar-refractivity contribution in [2.24, 2.45) is 5.73 Å². The minimum atomic E-state index is -0.904. The SMILES string of the molecule is CC(C)(C)OC(=O)N[C@@H](C(=O)N1CCC[C@H]1c1ncc(-c2ccc(C#Cc3cnc([C@@H]4CCCN4C(=O)[C@H](N)c4ccccc4)[nH]3)cc2)[nH]1)c1ccccc1. The first kappa shape index (κ1) is 37.1. The Balaban J connectivity index is 1.00. The van der Waals surface area contributed by atoms with Gasteiger partial charge in [0, 0.05) is 18.7 Å². The molecule has 12 nitrogen and oxygen atoms in total. The van der Waals surface area contributed by atoms with Crippen LogP contribution in [0, 0.1) is 11.8 Å². The van der Waals surface area contributed by atoms with E-state index >= 15 is 0 Å². The van der Waals surface area contributed by atoms with Gasteiger partial charge in [0.15, 0.2) is 0 Å². The number of nitrogens with one attached hydrogen (secondary N) is 3. The number of alkyl carbamates (subject to hydrolysis) is 1. The van der Waals surface area contributed by atoms with Crippen molar-refractivity contribution in [1.82, 2.24) is 35.1 Å². The molecule has 5 N–H and O–H groups in total. The van der Waals surface area contributed by atoms with E-state index in [1.807, 2.05) is 89.8 Å². The van der Waals surface area contributed by atoms with Gasteiger partial charge in [0.2, 0.25) is 5.91 Å². The molecule has 0 saturated carbocycles. The molecular formula is C43H46N8O4. The molecule has 5 aromatic rings. The zero-order chi connectivity index (χ0) is 38.5. The van der Waals surface area contributed by atoms with Crippen LogP contribution in [0.25, 0.3) is 11.3 Å². The summed E-state index contributed by atoms with van der Waals surface area (Å²) in [6.45, 7) is 6.54. The Morgan fingerprint density at radius 2 is 1.36 bits per heavy atom. The molecule has 4 atom stereocenters. The van der Waals surface area contributed by atoms with E-state index in [0.29, 0.717) is 36.0 Å². The zero-order valence-corrected chi connectivity index (χ0v) is 31.3. The number of imidazole rings is 2. The Labute approximate surface area is 320 Å². The van der Waals surface area contributed by atoms with Crippen molar-refractivity contribution in [2.45, 2.75) is 76.2 Å². The first-order valence-corrected chi connectivity index (χ1v) is 18.7. The van der Waals surface area contributed by atoms with Crippen molar-refractivity contribution in [3.05, 3.63) is 131 Å². The van der Waals surface area contributed by atoms with Crippen LogP contribution in [-0.4, -0.2) is 66.3 Å². The van der Waals surface area contributed by atoms with Crippen molar-refractivity contribution in [1.29, 1.82) is 0 Å². The van der Waals surface area contributed by atoms with Crippen LogP contribution in [0.1, 0.15) is 105 Å². The number of hydrogen-bond donors (Lipinski definition) is 4. The predicted molar refractivity (Wildman–Crippen MR) is 208 cm³/mol. The Morgan fingerprint density at radius 3 is 2.00 bits per heavy atom. The molecule has 2 aliphatic rings. The number of carbonyl (C=O) groups is 3. The summed E-state index contributed by atoms with van der Waals surface area (Å²) in [5, 5.41) is 2.81. The normalized spacial score (nSPS) is 18.0. The number of likely N-dealkylation sites (tertiary alicyclic amines) is 2. The molecule has 2 aromatic heterocycles. The third-order valence-corrected chi connectivity index (χ3v) is 9.90. The Morgan fingerprint density at radius 1 is 0.782 bits per heavy atom. The van der Waals surface area contributed by atoms with E-state index in [0.717, 1.165) is 48.1 Å². The quantitative estimate of drug-likeness (QED) is 0.132. The molecule has 2 aliphatic heterocycles. The summed E-state index contributed by atoms with van der Waals surface area (Å²) < 4.78 is 5.49. The number of amides is 3. The Kier molecular flexibility index (Phi) is 10.8. The second kappa shape index (κ2) is 16.0. The average molecular weight is 739 g/mol. The maximum atomic E-state index is 14.1. The van der Waals surface area contributed by atoms with Crippen LogP contribution in [0.4, 0.5) is 4.79 Å².